The van der Waals surface area contributed by atoms with Crippen LogP contribution < -0.4 is 10.6 Å². The number of hydrogen-bond donors (Lipinski definition) is 2. The summed E-state index contributed by atoms with van der Waals surface area (Å²) in [6, 6.07) is 4.64. The van der Waals surface area contributed by atoms with E-state index in [1.54, 1.807) is 19.2 Å². The van der Waals surface area contributed by atoms with E-state index < -0.39 is 10.8 Å². The van der Waals surface area contributed by atoms with Gasteiger partial charge in [-0.05, 0) is 25.0 Å². The van der Waals surface area contributed by atoms with Crippen molar-refractivity contribution in [3.63, 3.8) is 0 Å². The molecule has 2 unspecified atom stereocenters. The summed E-state index contributed by atoms with van der Waals surface area (Å²) < 4.78 is 0. The molecule has 0 fully saturated rings. The summed E-state index contributed by atoms with van der Waals surface area (Å²) in [5, 5.41) is 16.7. The van der Waals surface area contributed by atoms with Crippen LogP contribution >= 0.6 is 0 Å². The molecule has 20 heavy (non-hydrogen) atoms. The SMILES string of the molecule is CCC(C)C(C)NC(=O)c1cccc(NC)c1[N+](=O)[O-]. The van der Waals surface area contributed by atoms with E-state index in [2.05, 4.69) is 10.6 Å². The Morgan fingerprint density at radius 2 is 2.05 bits per heavy atom. The number of amides is 1. The fourth-order valence-corrected chi connectivity index (χ4v) is 1.91. The zero-order valence-corrected chi connectivity index (χ0v) is 12.3. The van der Waals surface area contributed by atoms with Gasteiger partial charge < -0.3 is 10.6 Å². The highest BCUT2D eigenvalue weighted by atomic mass is 16.6. The van der Waals surface area contributed by atoms with Crippen molar-refractivity contribution < 1.29 is 9.72 Å². The van der Waals surface area contributed by atoms with Gasteiger partial charge in [-0.15, -0.1) is 0 Å². The van der Waals surface area contributed by atoms with Crippen molar-refractivity contribution in [1.82, 2.24) is 5.32 Å². The maximum absolute atomic E-state index is 12.2. The smallest absolute Gasteiger partial charge is 0.305 e. The average Bonchev–Trinajstić information content (AvgIpc) is 2.44. The number of hydrogen-bond acceptors (Lipinski definition) is 4. The van der Waals surface area contributed by atoms with Crippen molar-refractivity contribution in [2.45, 2.75) is 33.2 Å². The van der Waals surface area contributed by atoms with E-state index in [1.807, 2.05) is 20.8 Å². The second-order valence-corrected chi connectivity index (χ2v) is 4.86. The van der Waals surface area contributed by atoms with Crippen molar-refractivity contribution in [3.8, 4) is 0 Å². The summed E-state index contributed by atoms with van der Waals surface area (Å²) in [7, 11) is 1.59. The zero-order chi connectivity index (χ0) is 15.3. The predicted octanol–water partition coefficient (Wildman–Crippen LogP) is 2.80. The van der Waals surface area contributed by atoms with E-state index in [0.717, 1.165) is 6.42 Å². The van der Waals surface area contributed by atoms with Crippen LogP contribution in [0.3, 0.4) is 0 Å². The lowest BCUT2D eigenvalue weighted by Crippen LogP contribution is -2.37. The fraction of sp³-hybridized carbons (Fsp3) is 0.500. The van der Waals surface area contributed by atoms with E-state index in [4.69, 9.17) is 0 Å². The van der Waals surface area contributed by atoms with Gasteiger partial charge in [-0.1, -0.05) is 26.3 Å². The Labute approximate surface area is 118 Å². The van der Waals surface area contributed by atoms with Gasteiger partial charge in [0.05, 0.1) is 4.92 Å². The molecule has 0 aliphatic carbocycles. The largest absolute Gasteiger partial charge is 0.383 e. The molecular weight excluding hydrogens is 258 g/mol. The lowest BCUT2D eigenvalue weighted by atomic mass is 10.0. The molecule has 0 aliphatic rings. The van der Waals surface area contributed by atoms with Crippen LogP contribution in [-0.4, -0.2) is 23.9 Å². The summed E-state index contributed by atoms with van der Waals surface area (Å²) in [6.45, 7) is 5.97. The van der Waals surface area contributed by atoms with Gasteiger partial charge in [0.1, 0.15) is 11.3 Å². The molecule has 1 aromatic carbocycles. The molecule has 1 aromatic rings. The van der Waals surface area contributed by atoms with E-state index in [-0.39, 0.29) is 17.3 Å². The van der Waals surface area contributed by atoms with Crippen LogP contribution in [0.5, 0.6) is 0 Å². The second kappa shape index (κ2) is 6.88. The molecule has 110 valence electrons. The van der Waals surface area contributed by atoms with Crippen LogP contribution in [0, 0.1) is 16.0 Å². The second-order valence-electron chi connectivity index (χ2n) is 4.86. The molecule has 6 nitrogen and oxygen atoms in total. The van der Waals surface area contributed by atoms with Gasteiger partial charge in [-0.2, -0.15) is 0 Å². The summed E-state index contributed by atoms with van der Waals surface area (Å²) in [5.41, 5.74) is 0.222. The first-order valence-electron chi connectivity index (χ1n) is 6.68. The number of nitro groups is 1. The monoisotopic (exact) mass is 279 g/mol. The number of carbonyl (C=O) groups excluding carboxylic acids is 1. The molecule has 0 bridgehead atoms. The molecule has 1 amide bonds. The van der Waals surface area contributed by atoms with E-state index in [9.17, 15) is 14.9 Å². The Bertz CT molecular complexity index is 502. The molecular formula is C14H21N3O3. The van der Waals surface area contributed by atoms with Crippen molar-refractivity contribution >= 4 is 17.3 Å². The molecule has 0 radical (unpaired) electrons. The third-order valence-corrected chi connectivity index (χ3v) is 3.59. The highest BCUT2D eigenvalue weighted by Crippen LogP contribution is 2.28. The van der Waals surface area contributed by atoms with Crippen LogP contribution in [-0.2, 0) is 0 Å². The molecule has 0 spiro atoms. The van der Waals surface area contributed by atoms with Crippen LogP contribution in [0.25, 0.3) is 0 Å². The Morgan fingerprint density at radius 1 is 1.40 bits per heavy atom. The maximum atomic E-state index is 12.2. The Hall–Kier alpha value is -2.11. The first-order chi connectivity index (χ1) is 9.42. The Morgan fingerprint density at radius 3 is 2.55 bits per heavy atom. The number of nitro benzene ring substituents is 1. The maximum Gasteiger partial charge on any atom is 0.305 e. The molecule has 0 saturated carbocycles. The Balaban J connectivity index is 3.07. The standard InChI is InChI=1S/C14H21N3O3/c1-5-9(2)10(3)16-14(18)11-7-6-8-12(15-4)13(11)17(19)20/h6-10,15H,5H2,1-4H3,(H,16,18). The van der Waals surface area contributed by atoms with Gasteiger partial charge in [-0.25, -0.2) is 0 Å². The summed E-state index contributed by atoms with van der Waals surface area (Å²) in [4.78, 5) is 22.9. The molecule has 0 aromatic heterocycles. The molecule has 1 rings (SSSR count). The van der Waals surface area contributed by atoms with Gasteiger partial charge in [0.25, 0.3) is 5.91 Å². The average molecular weight is 279 g/mol. The number of rotatable bonds is 6. The molecule has 0 saturated heterocycles. The van der Waals surface area contributed by atoms with Crippen LogP contribution in [0.15, 0.2) is 18.2 Å². The first-order valence-corrected chi connectivity index (χ1v) is 6.68. The van der Waals surface area contributed by atoms with Crippen molar-refractivity contribution in [2.24, 2.45) is 5.92 Å². The van der Waals surface area contributed by atoms with Crippen LogP contribution in [0.1, 0.15) is 37.6 Å². The molecule has 0 aliphatic heterocycles. The minimum absolute atomic E-state index is 0.0367. The van der Waals surface area contributed by atoms with Crippen LogP contribution in [0.4, 0.5) is 11.4 Å². The third kappa shape index (κ3) is 3.46. The van der Waals surface area contributed by atoms with Gasteiger partial charge in [-0.3, -0.25) is 14.9 Å². The summed E-state index contributed by atoms with van der Waals surface area (Å²) in [5.74, 6) is -0.105. The van der Waals surface area contributed by atoms with E-state index in [1.165, 1.54) is 6.07 Å². The van der Waals surface area contributed by atoms with Gasteiger partial charge in [0.2, 0.25) is 0 Å². The van der Waals surface area contributed by atoms with Crippen molar-refractivity contribution in [1.29, 1.82) is 0 Å². The summed E-state index contributed by atoms with van der Waals surface area (Å²) in [6.07, 6.45) is 0.931. The number of para-hydroxylation sites is 1. The molecule has 0 heterocycles. The normalized spacial score (nSPS) is 13.4. The van der Waals surface area contributed by atoms with Gasteiger partial charge in [0.15, 0.2) is 0 Å². The quantitative estimate of drug-likeness (QED) is 0.619. The zero-order valence-electron chi connectivity index (χ0n) is 12.3. The third-order valence-electron chi connectivity index (χ3n) is 3.59. The number of nitrogens with zero attached hydrogens (tertiary/aromatic N) is 1. The fourth-order valence-electron chi connectivity index (χ4n) is 1.91. The topological polar surface area (TPSA) is 84.3 Å². The highest BCUT2D eigenvalue weighted by molar-refractivity contribution is 6.00. The number of carbonyl (C=O) groups is 1. The molecule has 6 heteroatoms. The van der Waals surface area contributed by atoms with E-state index in [0.29, 0.717) is 11.6 Å². The van der Waals surface area contributed by atoms with Crippen molar-refractivity contribution in [2.75, 3.05) is 12.4 Å². The minimum atomic E-state index is -0.533. The van der Waals surface area contributed by atoms with Crippen LogP contribution in [0.2, 0.25) is 0 Å². The number of nitrogens with one attached hydrogen (secondary N) is 2. The minimum Gasteiger partial charge on any atom is -0.383 e. The first kappa shape index (κ1) is 15.9. The number of benzene rings is 1. The highest BCUT2D eigenvalue weighted by Gasteiger charge is 2.25. The lowest BCUT2D eigenvalue weighted by molar-refractivity contribution is -0.384. The van der Waals surface area contributed by atoms with Gasteiger partial charge in [0, 0.05) is 13.1 Å². The molecule has 2 atom stereocenters. The van der Waals surface area contributed by atoms with Gasteiger partial charge >= 0.3 is 5.69 Å². The predicted molar refractivity (Wildman–Crippen MR) is 79.0 cm³/mol. The van der Waals surface area contributed by atoms with E-state index >= 15 is 0 Å². The molecule has 2 N–H and O–H groups in total. The Kier molecular flexibility index (Phi) is 5.49. The lowest BCUT2D eigenvalue weighted by Gasteiger charge is -2.20. The van der Waals surface area contributed by atoms with Crippen molar-refractivity contribution in [3.05, 3.63) is 33.9 Å². The summed E-state index contributed by atoms with van der Waals surface area (Å²) >= 11 is 0. The number of anilines is 1.